The number of hydrogen-bond donors (Lipinski definition) is 1. The molecule has 2 aliphatic rings. The van der Waals surface area contributed by atoms with E-state index in [-0.39, 0.29) is 17.9 Å². The van der Waals surface area contributed by atoms with Crippen molar-refractivity contribution < 1.29 is 9.59 Å². The van der Waals surface area contributed by atoms with Crippen molar-refractivity contribution in [3.63, 3.8) is 0 Å². The van der Waals surface area contributed by atoms with Crippen LogP contribution in [0.15, 0.2) is 0 Å². The molecule has 0 bridgehead atoms. The SMILES string of the molecule is CCC(=O)N[C@@H]1CC(=O)N(CC2CC2)C1. The first kappa shape index (κ1) is 10.5. The van der Waals surface area contributed by atoms with Gasteiger partial charge in [0.05, 0.1) is 6.04 Å². The van der Waals surface area contributed by atoms with Crippen molar-refractivity contribution in [2.24, 2.45) is 5.92 Å². The molecule has 2 fully saturated rings. The van der Waals surface area contributed by atoms with Crippen molar-refractivity contribution in [3.8, 4) is 0 Å². The fraction of sp³-hybridized carbons (Fsp3) is 0.818. The van der Waals surface area contributed by atoms with Crippen molar-refractivity contribution in [2.75, 3.05) is 13.1 Å². The van der Waals surface area contributed by atoms with E-state index in [1.54, 1.807) is 0 Å². The fourth-order valence-electron chi connectivity index (χ4n) is 1.99. The molecule has 0 spiro atoms. The zero-order valence-corrected chi connectivity index (χ0v) is 9.16. The lowest BCUT2D eigenvalue weighted by molar-refractivity contribution is -0.127. The van der Waals surface area contributed by atoms with Gasteiger partial charge in [-0.1, -0.05) is 6.92 Å². The van der Waals surface area contributed by atoms with E-state index < -0.39 is 0 Å². The Morgan fingerprint density at radius 3 is 2.87 bits per heavy atom. The quantitative estimate of drug-likeness (QED) is 0.735. The summed E-state index contributed by atoms with van der Waals surface area (Å²) in [5.41, 5.74) is 0. The average Bonchev–Trinajstić information content (AvgIpc) is 2.94. The van der Waals surface area contributed by atoms with Crippen LogP contribution in [0.4, 0.5) is 0 Å². The second-order valence-corrected chi connectivity index (χ2v) is 4.56. The lowest BCUT2D eigenvalue weighted by atomic mass is 10.2. The van der Waals surface area contributed by atoms with Crippen LogP contribution in [0.3, 0.4) is 0 Å². The number of nitrogens with zero attached hydrogens (tertiary/aromatic N) is 1. The van der Waals surface area contributed by atoms with Crippen LogP contribution >= 0.6 is 0 Å². The predicted octanol–water partition coefficient (Wildman–Crippen LogP) is 0.523. The topological polar surface area (TPSA) is 49.4 Å². The van der Waals surface area contributed by atoms with E-state index in [2.05, 4.69) is 5.32 Å². The summed E-state index contributed by atoms with van der Waals surface area (Å²) in [7, 11) is 0. The first-order valence-corrected chi connectivity index (χ1v) is 5.76. The Hall–Kier alpha value is -1.06. The van der Waals surface area contributed by atoms with E-state index in [1.165, 1.54) is 12.8 Å². The van der Waals surface area contributed by atoms with E-state index >= 15 is 0 Å². The highest BCUT2D eigenvalue weighted by Crippen LogP contribution is 2.31. The second kappa shape index (κ2) is 4.21. The van der Waals surface area contributed by atoms with Gasteiger partial charge in [-0.2, -0.15) is 0 Å². The molecule has 2 amide bonds. The lowest BCUT2D eigenvalue weighted by Gasteiger charge is -2.16. The second-order valence-electron chi connectivity index (χ2n) is 4.56. The van der Waals surface area contributed by atoms with Gasteiger partial charge in [-0.25, -0.2) is 0 Å². The molecule has 0 aromatic rings. The largest absolute Gasteiger partial charge is 0.351 e. The van der Waals surface area contributed by atoms with E-state index in [0.717, 1.165) is 12.5 Å². The maximum atomic E-state index is 11.6. The van der Waals surface area contributed by atoms with Crippen LogP contribution in [-0.4, -0.2) is 35.8 Å². The Bertz CT molecular complexity index is 274. The normalized spacial score (nSPS) is 25.8. The molecule has 0 unspecified atom stereocenters. The van der Waals surface area contributed by atoms with Crippen molar-refractivity contribution in [1.29, 1.82) is 0 Å². The molecule has 1 aliphatic carbocycles. The van der Waals surface area contributed by atoms with E-state index in [9.17, 15) is 9.59 Å². The van der Waals surface area contributed by atoms with Gasteiger partial charge in [0.1, 0.15) is 0 Å². The van der Waals surface area contributed by atoms with Gasteiger partial charge in [-0.05, 0) is 18.8 Å². The summed E-state index contributed by atoms with van der Waals surface area (Å²) in [5.74, 6) is 0.971. The van der Waals surface area contributed by atoms with Crippen molar-refractivity contribution >= 4 is 11.8 Å². The first-order valence-electron chi connectivity index (χ1n) is 5.76. The molecule has 0 aromatic heterocycles. The number of amides is 2. The van der Waals surface area contributed by atoms with Crippen LogP contribution in [0.25, 0.3) is 0 Å². The Balaban J connectivity index is 1.80. The highest BCUT2D eigenvalue weighted by Gasteiger charge is 2.34. The Morgan fingerprint density at radius 2 is 2.27 bits per heavy atom. The Morgan fingerprint density at radius 1 is 1.53 bits per heavy atom. The zero-order valence-electron chi connectivity index (χ0n) is 9.16. The number of rotatable bonds is 4. The van der Waals surface area contributed by atoms with Gasteiger partial charge in [0.2, 0.25) is 11.8 Å². The van der Waals surface area contributed by atoms with Crippen molar-refractivity contribution in [2.45, 2.75) is 38.6 Å². The third-order valence-electron chi connectivity index (χ3n) is 3.08. The number of carbonyl (C=O) groups excluding carboxylic acids is 2. The van der Waals surface area contributed by atoms with Gasteiger partial charge in [-0.15, -0.1) is 0 Å². The third kappa shape index (κ3) is 2.70. The molecule has 1 heterocycles. The standard InChI is InChI=1S/C11H18N2O2/c1-2-10(14)12-9-5-11(15)13(7-9)6-8-3-4-8/h8-9H,2-7H2,1H3,(H,12,14)/t9-/m1/s1. The van der Waals surface area contributed by atoms with E-state index in [0.29, 0.717) is 19.4 Å². The minimum atomic E-state index is 0.0427. The van der Waals surface area contributed by atoms with Crippen LogP contribution in [-0.2, 0) is 9.59 Å². The monoisotopic (exact) mass is 210 g/mol. The number of hydrogen-bond acceptors (Lipinski definition) is 2. The molecule has 2 rings (SSSR count). The van der Waals surface area contributed by atoms with Crippen LogP contribution in [0.5, 0.6) is 0 Å². The minimum absolute atomic E-state index is 0.0427. The van der Waals surface area contributed by atoms with Crippen LogP contribution in [0, 0.1) is 5.92 Å². The molecule has 1 saturated carbocycles. The third-order valence-corrected chi connectivity index (χ3v) is 3.08. The first-order chi connectivity index (χ1) is 7.19. The average molecular weight is 210 g/mol. The van der Waals surface area contributed by atoms with Crippen LogP contribution in [0.1, 0.15) is 32.6 Å². The lowest BCUT2D eigenvalue weighted by Crippen LogP contribution is -2.37. The maximum Gasteiger partial charge on any atom is 0.224 e. The molecule has 1 aliphatic heterocycles. The fourth-order valence-corrected chi connectivity index (χ4v) is 1.99. The van der Waals surface area contributed by atoms with Gasteiger partial charge < -0.3 is 10.2 Å². The highest BCUT2D eigenvalue weighted by atomic mass is 16.2. The van der Waals surface area contributed by atoms with Crippen LogP contribution in [0.2, 0.25) is 0 Å². The van der Waals surface area contributed by atoms with Gasteiger partial charge in [0.15, 0.2) is 0 Å². The van der Waals surface area contributed by atoms with Crippen LogP contribution < -0.4 is 5.32 Å². The van der Waals surface area contributed by atoms with Crippen molar-refractivity contribution in [1.82, 2.24) is 10.2 Å². The van der Waals surface area contributed by atoms with Gasteiger partial charge in [0.25, 0.3) is 0 Å². The zero-order chi connectivity index (χ0) is 10.8. The molecular weight excluding hydrogens is 192 g/mol. The molecule has 4 heteroatoms. The molecule has 0 aromatic carbocycles. The number of likely N-dealkylation sites (tertiary alicyclic amines) is 1. The molecule has 1 atom stereocenters. The molecular formula is C11H18N2O2. The Labute approximate surface area is 90.0 Å². The smallest absolute Gasteiger partial charge is 0.224 e. The molecule has 1 N–H and O–H groups in total. The maximum absolute atomic E-state index is 11.6. The highest BCUT2D eigenvalue weighted by molar-refractivity contribution is 5.82. The number of carbonyl (C=O) groups is 2. The van der Waals surface area contributed by atoms with Gasteiger partial charge >= 0.3 is 0 Å². The van der Waals surface area contributed by atoms with Gasteiger partial charge in [-0.3, -0.25) is 9.59 Å². The predicted molar refractivity (Wildman–Crippen MR) is 56.1 cm³/mol. The molecule has 84 valence electrons. The summed E-state index contributed by atoms with van der Waals surface area (Å²) >= 11 is 0. The molecule has 15 heavy (non-hydrogen) atoms. The summed E-state index contributed by atoms with van der Waals surface area (Å²) in [4.78, 5) is 24.7. The Kier molecular flexibility index (Phi) is 2.93. The molecule has 1 saturated heterocycles. The number of nitrogens with one attached hydrogen (secondary N) is 1. The summed E-state index contributed by atoms with van der Waals surface area (Å²) in [6, 6.07) is 0.0451. The van der Waals surface area contributed by atoms with Crippen molar-refractivity contribution in [3.05, 3.63) is 0 Å². The molecule has 0 radical (unpaired) electrons. The van der Waals surface area contributed by atoms with Gasteiger partial charge in [0, 0.05) is 25.9 Å². The summed E-state index contributed by atoms with van der Waals surface area (Å²) in [6.07, 6.45) is 3.50. The molecule has 4 nitrogen and oxygen atoms in total. The summed E-state index contributed by atoms with van der Waals surface area (Å²) < 4.78 is 0. The summed E-state index contributed by atoms with van der Waals surface area (Å²) in [5, 5.41) is 2.88. The minimum Gasteiger partial charge on any atom is -0.351 e. The summed E-state index contributed by atoms with van der Waals surface area (Å²) in [6.45, 7) is 3.44. The van der Waals surface area contributed by atoms with E-state index in [4.69, 9.17) is 0 Å². The van der Waals surface area contributed by atoms with E-state index in [1.807, 2.05) is 11.8 Å².